The van der Waals surface area contributed by atoms with Crippen LogP contribution < -0.4 is 19.7 Å². The van der Waals surface area contributed by atoms with E-state index in [1.807, 2.05) is 4.90 Å². The van der Waals surface area contributed by atoms with Crippen LogP contribution in [-0.2, 0) is 27.1 Å². The summed E-state index contributed by atoms with van der Waals surface area (Å²) in [5.74, 6) is -2.85. The maximum atomic E-state index is 15.9. The number of H-pyrrole nitrogens is 1. The van der Waals surface area contributed by atoms with Crippen molar-refractivity contribution in [2.75, 3.05) is 44.9 Å². The predicted octanol–water partition coefficient (Wildman–Crippen LogP) is 7.77. The first-order valence-electron chi connectivity index (χ1n) is 27.1. The summed E-state index contributed by atoms with van der Waals surface area (Å²) in [6, 6.07) is 15.1. The molecule has 83 heavy (non-hydrogen) atoms. The highest BCUT2D eigenvalue weighted by molar-refractivity contribution is 6.06. The molecular formula is C59H60F5N12O7+. The van der Waals surface area contributed by atoms with E-state index in [1.165, 1.54) is 54.2 Å². The largest absolute Gasteiger partial charge is 0.486 e. The maximum Gasteiger partial charge on any atom is 0.417 e. The Morgan fingerprint density at radius 3 is 2.37 bits per heavy atom. The monoisotopic (exact) mass is 1140 g/mol. The Balaban J connectivity index is 0.884. The van der Waals surface area contributed by atoms with E-state index in [1.54, 1.807) is 75.5 Å². The first-order valence-corrected chi connectivity index (χ1v) is 27.1. The maximum absolute atomic E-state index is 15.9. The molecule has 4 aromatic heterocycles. The number of hydrogen-bond acceptors (Lipinski definition) is 15. The van der Waals surface area contributed by atoms with Gasteiger partial charge in [0.15, 0.2) is 11.8 Å². The van der Waals surface area contributed by atoms with E-state index in [0.29, 0.717) is 41.0 Å². The van der Waals surface area contributed by atoms with Gasteiger partial charge in [0.2, 0.25) is 11.9 Å². The normalized spacial score (nSPS) is 19.0. The summed E-state index contributed by atoms with van der Waals surface area (Å²) >= 11 is 0. The Kier molecular flexibility index (Phi) is 15.5. The number of ether oxygens (including phenoxy) is 3. The highest BCUT2D eigenvalue weighted by atomic mass is 19.4. The number of hydrogen-bond donors (Lipinski definition) is 4. The summed E-state index contributed by atoms with van der Waals surface area (Å²) in [6.07, 6.45) is -1.36. The number of piperazine rings is 1. The number of halogens is 5. The molecule has 4 N–H and O–H groups in total. The van der Waals surface area contributed by atoms with Crippen molar-refractivity contribution >= 4 is 46.2 Å². The molecule has 7 atom stereocenters. The van der Waals surface area contributed by atoms with Gasteiger partial charge >= 0.3 is 18.1 Å². The van der Waals surface area contributed by atoms with E-state index < -0.39 is 77.5 Å². The van der Waals surface area contributed by atoms with Crippen molar-refractivity contribution in [2.24, 2.45) is 5.92 Å². The van der Waals surface area contributed by atoms with Crippen LogP contribution in [0.15, 0.2) is 91.4 Å². The molecule has 2 amide bonds. The molecule has 8 aromatic rings. The van der Waals surface area contributed by atoms with Gasteiger partial charge in [-0.15, -0.1) is 5.10 Å². The SMILES string of the molecule is C=[N+](C(=O)[C@@H]1C[C@@H](O)CN1C(=O)[C@H](C(C)C)n1cc(-c2ccc(COc3c(-c4c(C)c(F)cc5[nH]ncc45)c(C(F)(F)F)cc4c(N5C[C@@H]6C[C@H]5CN6)nc(OC[C@H](C)OC)nc34)cc2)nn1)[C@@H](CO)c1ccc(-c2ncccc2F)cc1. The van der Waals surface area contributed by atoms with Crippen molar-refractivity contribution in [3.05, 3.63) is 125 Å². The van der Waals surface area contributed by atoms with Gasteiger partial charge in [-0.3, -0.25) is 14.9 Å². The molecule has 24 heteroatoms. The molecular weight excluding hydrogens is 1080 g/mol. The fraction of sp³-hybridized carbons (Fsp3) is 0.373. The Labute approximate surface area is 472 Å². The van der Waals surface area contributed by atoms with Crippen LogP contribution in [0.4, 0.5) is 27.8 Å². The third-order valence-electron chi connectivity index (χ3n) is 15.9. The molecule has 4 aromatic carbocycles. The standard InChI is InChI=1S/C59H60F5N12O7/c1-30(2)53(57(80)75-25-39(78)19-47(75)56(79)73(5)48(27-77)35-13-15-36(16-14-35)51-43(60)8-7-17-65-51)76-26-46(71-72-76)34-11-9-33(10-12-34)29-82-54-50(49-32(4)44(61)21-45-41(49)23-67-70-45)42(59(62,63)64)20-40-52(54)68-58(83-28-31(3)81-6)69-55(40)74-24-37-18-38(74)22-66-37/h7-17,20-21,23,26,30-31,37-39,47-48,53,66,77-78H,5,18-19,22,24-25,27-29H2,1-4,6H3,(H,67,70)/q+1/t31-,37-,38-,39+,47-,48-,53-/m0/s1. The molecule has 3 fully saturated rings. The molecule has 0 saturated carbocycles. The lowest BCUT2D eigenvalue weighted by Gasteiger charge is -2.30. The van der Waals surface area contributed by atoms with E-state index >= 15 is 17.6 Å². The Hall–Kier alpha value is -8.32. The lowest BCUT2D eigenvalue weighted by atomic mass is 9.90. The van der Waals surface area contributed by atoms with Gasteiger partial charge in [-0.1, -0.05) is 67.6 Å². The van der Waals surface area contributed by atoms with Crippen molar-refractivity contribution in [1.29, 1.82) is 0 Å². The molecule has 3 aliphatic rings. The van der Waals surface area contributed by atoms with Crippen molar-refractivity contribution in [2.45, 2.75) is 95.7 Å². The molecule has 2 bridgehead atoms. The minimum absolute atomic E-state index is 0.0107. The van der Waals surface area contributed by atoms with Crippen LogP contribution in [0.5, 0.6) is 11.8 Å². The van der Waals surface area contributed by atoms with E-state index in [0.717, 1.165) is 17.1 Å². The van der Waals surface area contributed by atoms with Crippen LogP contribution in [0.25, 0.3) is 55.4 Å². The minimum atomic E-state index is -4.99. The molecule has 11 rings (SSSR count). The summed E-state index contributed by atoms with van der Waals surface area (Å²) in [6.45, 7) is 10.9. The number of rotatable bonds is 18. The smallest absolute Gasteiger partial charge is 0.417 e. The number of aliphatic hydroxyl groups is 2. The minimum Gasteiger partial charge on any atom is -0.486 e. The number of fused-ring (bicyclic) bond motifs is 4. The van der Waals surface area contributed by atoms with E-state index in [-0.39, 0.29) is 101 Å². The Bertz CT molecular complexity index is 3760. The van der Waals surface area contributed by atoms with Crippen LogP contribution in [0.2, 0.25) is 0 Å². The second-order valence-corrected chi connectivity index (χ2v) is 21.7. The zero-order valence-corrected chi connectivity index (χ0v) is 45.9. The average Bonchev–Trinajstić information content (AvgIpc) is 2.37. The number of aromatic amines is 1. The van der Waals surface area contributed by atoms with Gasteiger partial charge in [0, 0.05) is 90.0 Å². The number of pyridine rings is 1. The van der Waals surface area contributed by atoms with Crippen LogP contribution in [0.1, 0.15) is 68.0 Å². The van der Waals surface area contributed by atoms with Gasteiger partial charge in [-0.25, -0.2) is 18.3 Å². The van der Waals surface area contributed by atoms with E-state index in [9.17, 15) is 24.2 Å². The molecule has 0 spiro atoms. The molecule has 432 valence electrons. The third kappa shape index (κ3) is 10.9. The Morgan fingerprint density at radius 1 is 0.940 bits per heavy atom. The number of aliphatic hydroxyl groups excluding tert-OH is 2. The number of anilines is 1. The zero-order valence-electron chi connectivity index (χ0n) is 45.9. The number of likely N-dealkylation sites (tertiary alicyclic amines) is 1. The topological polar surface area (TPSA) is 222 Å². The number of β-amino-alcohol motifs (C(OH)–C–C–N with tert-alkyl or cyclic N) is 1. The predicted molar refractivity (Wildman–Crippen MR) is 295 cm³/mol. The van der Waals surface area contributed by atoms with Crippen LogP contribution in [0, 0.1) is 24.5 Å². The molecule has 3 aliphatic heterocycles. The number of aromatic nitrogens is 8. The number of benzene rings is 4. The van der Waals surface area contributed by atoms with Gasteiger partial charge in [-0.05, 0) is 61.6 Å². The van der Waals surface area contributed by atoms with Crippen molar-refractivity contribution in [3.8, 4) is 45.4 Å². The van der Waals surface area contributed by atoms with Gasteiger partial charge in [0.05, 0.1) is 35.7 Å². The quantitative estimate of drug-likeness (QED) is 0.0366. The first-order chi connectivity index (χ1) is 39.8. The molecule has 19 nitrogen and oxygen atoms in total. The van der Waals surface area contributed by atoms with Crippen LogP contribution >= 0.6 is 0 Å². The number of methoxy groups -OCH3 is 1. The molecule has 0 radical (unpaired) electrons. The number of carbonyl (C=O) groups excluding carboxylic acids is 2. The number of amides is 2. The van der Waals surface area contributed by atoms with E-state index in [2.05, 4.69) is 37.5 Å². The van der Waals surface area contributed by atoms with Gasteiger partial charge < -0.3 is 39.5 Å². The van der Waals surface area contributed by atoms with E-state index in [4.69, 9.17) is 24.2 Å². The van der Waals surface area contributed by atoms with Gasteiger partial charge in [0.25, 0.3) is 0 Å². The van der Waals surface area contributed by atoms with Crippen LogP contribution in [-0.4, -0.2) is 149 Å². The molecule has 7 heterocycles. The average molecular weight is 1140 g/mol. The number of nitrogens with zero attached hydrogens (tertiary/aromatic N) is 10. The van der Waals surface area contributed by atoms with Crippen molar-refractivity contribution < 1.29 is 60.5 Å². The lowest BCUT2D eigenvalue weighted by Crippen LogP contribution is -2.48. The number of carbonyl (C=O) groups is 2. The number of nitrogens with one attached hydrogen (secondary N) is 2. The zero-order chi connectivity index (χ0) is 58.6. The summed E-state index contributed by atoms with van der Waals surface area (Å²) < 4.78 is 98.6. The van der Waals surface area contributed by atoms with Gasteiger partial charge in [0.1, 0.15) is 66.9 Å². The second-order valence-electron chi connectivity index (χ2n) is 21.7. The number of alkyl halides is 3. The summed E-state index contributed by atoms with van der Waals surface area (Å²) in [5.41, 5.74) is 1.04. The first kappa shape index (κ1) is 56.5. The highest BCUT2D eigenvalue weighted by Crippen LogP contribution is 2.51. The van der Waals surface area contributed by atoms with Crippen LogP contribution in [0.3, 0.4) is 0 Å². The van der Waals surface area contributed by atoms with Gasteiger partial charge in [-0.2, -0.15) is 32.8 Å². The van der Waals surface area contributed by atoms with Crippen molar-refractivity contribution in [1.82, 2.24) is 50.4 Å². The second kappa shape index (κ2) is 22.8. The third-order valence-corrected chi connectivity index (χ3v) is 15.9. The molecule has 0 unspecified atom stereocenters. The molecule has 3 saturated heterocycles. The summed E-state index contributed by atoms with van der Waals surface area (Å²) in [4.78, 5) is 45.8. The fourth-order valence-corrected chi connectivity index (χ4v) is 11.5. The molecule has 0 aliphatic carbocycles. The lowest BCUT2D eigenvalue weighted by molar-refractivity contribution is -0.493. The summed E-state index contributed by atoms with van der Waals surface area (Å²) in [7, 11) is 1.52. The fourth-order valence-electron chi connectivity index (χ4n) is 11.5. The highest BCUT2D eigenvalue weighted by Gasteiger charge is 2.48. The van der Waals surface area contributed by atoms with Crippen molar-refractivity contribution in [3.63, 3.8) is 0 Å². The Morgan fingerprint density at radius 2 is 1.70 bits per heavy atom. The summed E-state index contributed by atoms with van der Waals surface area (Å²) in [5, 5.41) is 40.7.